The number of ether oxygens (including phenoxy) is 1. The topological polar surface area (TPSA) is 131 Å². The minimum atomic E-state index is -0.741. The predicted molar refractivity (Wildman–Crippen MR) is 161 cm³/mol. The van der Waals surface area contributed by atoms with E-state index in [-0.39, 0.29) is 30.4 Å². The van der Waals surface area contributed by atoms with Gasteiger partial charge >= 0.3 is 6.09 Å². The highest BCUT2D eigenvalue weighted by Crippen LogP contribution is 2.26. The third-order valence-electron chi connectivity index (χ3n) is 5.94. The van der Waals surface area contributed by atoms with E-state index in [1.165, 1.54) is 11.3 Å². The van der Waals surface area contributed by atoms with Crippen molar-refractivity contribution in [3.05, 3.63) is 82.9 Å². The molecular formula is C30H40N6O3S. The predicted octanol–water partition coefficient (Wildman–Crippen LogP) is 5.61. The number of carbonyl (C=O) groups is 2. The van der Waals surface area contributed by atoms with E-state index < -0.39 is 12.1 Å². The number of hydrogen-bond donors (Lipinski definition) is 4. The zero-order valence-electron chi connectivity index (χ0n) is 23.6. The number of rotatable bonds is 13. The fourth-order valence-electron chi connectivity index (χ4n) is 4.02. The molecule has 0 aliphatic heterocycles. The van der Waals surface area contributed by atoms with E-state index in [0.717, 1.165) is 16.8 Å². The second kappa shape index (κ2) is 15.6. The van der Waals surface area contributed by atoms with Gasteiger partial charge in [-0.1, -0.05) is 88.4 Å². The summed E-state index contributed by atoms with van der Waals surface area (Å²) in [5, 5.41) is 11.4. The number of aromatic nitrogens is 1. The number of amides is 2. The average molecular weight is 565 g/mol. The molecular weight excluding hydrogens is 524 g/mol. The summed E-state index contributed by atoms with van der Waals surface area (Å²) in [5.41, 5.74) is 8.73. The number of benzene rings is 2. The van der Waals surface area contributed by atoms with Gasteiger partial charge in [0.15, 0.2) is 11.1 Å². The first kappa shape index (κ1) is 30.6. The van der Waals surface area contributed by atoms with Crippen molar-refractivity contribution < 1.29 is 14.3 Å². The molecule has 10 heteroatoms. The molecule has 0 aliphatic rings. The van der Waals surface area contributed by atoms with Crippen LogP contribution in [-0.4, -0.2) is 29.0 Å². The molecule has 0 spiro atoms. The van der Waals surface area contributed by atoms with Crippen LogP contribution in [0.1, 0.15) is 63.4 Å². The molecule has 0 fully saturated rings. The highest BCUT2D eigenvalue weighted by Gasteiger charge is 2.27. The number of thiazole rings is 1. The molecule has 3 aromatic rings. The molecule has 2 amide bonds. The van der Waals surface area contributed by atoms with Crippen LogP contribution in [0.5, 0.6) is 0 Å². The van der Waals surface area contributed by atoms with Gasteiger partial charge in [-0.3, -0.25) is 4.79 Å². The summed E-state index contributed by atoms with van der Waals surface area (Å²) >= 11 is 1.39. The van der Waals surface area contributed by atoms with Crippen molar-refractivity contribution in [2.45, 2.75) is 65.8 Å². The van der Waals surface area contributed by atoms with Crippen LogP contribution in [0.4, 0.5) is 9.93 Å². The summed E-state index contributed by atoms with van der Waals surface area (Å²) in [4.78, 5) is 35.0. The van der Waals surface area contributed by atoms with Crippen molar-refractivity contribution in [1.29, 1.82) is 0 Å². The molecule has 9 nitrogen and oxygen atoms in total. The van der Waals surface area contributed by atoms with Crippen LogP contribution in [0.2, 0.25) is 0 Å². The normalized spacial score (nSPS) is 13.1. The summed E-state index contributed by atoms with van der Waals surface area (Å²) in [6.07, 6.45) is 0.522. The van der Waals surface area contributed by atoms with Gasteiger partial charge in [-0.25, -0.2) is 14.8 Å². The number of anilines is 1. The lowest BCUT2D eigenvalue weighted by atomic mass is 9.99. The Morgan fingerprint density at radius 3 is 2.17 bits per heavy atom. The highest BCUT2D eigenvalue weighted by atomic mass is 32.1. The fourth-order valence-corrected chi connectivity index (χ4v) is 4.79. The molecule has 5 N–H and O–H groups in total. The second-order valence-electron chi connectivity index (χ2n) is 10.5. The van der Waals surface area contributed by atoms with Gasteiger partial charge in [-0.05, 0) is 35.8 Å². The largest absolute Gasteiger partial charge is 0.445 e. The SMILES string of the molecule is CC(C)C[C@H](NC(=O)OCc1ccccc1)C(=O)N[C@@H](CC(C)C)c1csc(NC(N)=NCc2ccccc2)n1. The third-order valence-corrected chi connectivity index (χ3v) is 6.72. The lowest BCUT2D eigenvalue weighted by molar-refractivity contribution is -0.124. The van der Waals surface area contributed by atoms with Crippen molar-refractivity contribution >= 4 is 34.4 Å². The number of carbonyl (C=O) groups excluding carboxylic acids is 2. The Morgan fingerprint density at radius 2 is 1.55 bits per heavy atom. The summed E-state index contributed by atoms with van der Waals surface area (Å²) in [5.74, 6) is 0.474. The molecule has 0 saturated carbocycles. The van der Waals surface area contributed by atoms with Crippen molar-refractivity contribution in [3.8, 4) is 0 Å². The minimum Gasteiger partial charge on any atom is -0.445 e. The van der Waals surface area contributed by atoms with Gasteiger partial charge in [0.05, 0.1) is 18.3 Å². The lowest BCUT2D eigenvalue weighted by Gasteiger charge is -2.24. The number of nitrogens with one attached hydrogen (secondary N) is 3. The van der Waals surface area contributed by atoms with Gasteiger partial charge < -0.3 is 26.4 Å². The Bertz CT molecular complexity index is 1230. The molecule has 40 heavy (non-hydrogen) atoms. The Labute approximate surface area is 240 Å². The van der Waals surface area contributed by atoms with Gasteiger partial charge in [-0.2, -0.15) is 0 Å². The molecule has 3 rings (SSSR count). The van der Waals surface area contributed by atoms with Crippen molar-refractivity contribution in [2.75, 3.05) is 5.32 Å². The van der Waals surface area contributed by atoms with E-state index in [4.69, 9.17) is 10.5 Å². The van der Waals surface area contributed by atoms with E-state index in [1.54, 1.807) is 0 Å². The average Bonchev–Trinajstić information content (AvgIpc) is 3.39. The van der Waals surface area contributed by atoms with Crippen LogP contribution in [0.25, 0.3) is 0 Å². The van der Waals surface area contributed by atoms with Crippen LogP contribution in [0, 0.1) is 11.8 Å². The lowest BCUT2D eigenvalue weighted by Crippen LogP contribution is -2.48. The van der Waals surface area contributed by atoms with Gasteiger partial charge in [0.2, 0.25) is 5.91 Å². The van der Waals surface area contributed by atoms with Crippen LogP contribution in [0.15, 0.2) is 71.0 Å². The highest BCUT2D eigenvalue weighted by molar-refractivity contribution is 7.13. The molecule has 0 radical (unpaired) electrons. The zero-order chi connectivity index (χ0) is 28.9. The summed E-state index contributed by atoms with van der Waals surface area (Å²) in [6, 6.07) is 18.2. The maximum absolute atomic E-state index is 13.4. The molecule has 2 aromatic carbocycles. The summed E-state index contributed by atoms with van der Waals surface area (Å²) in [6.45, 7) is 8.77. The molecule has 0 bridgehead atoms. The number of nitrogens with two attached hydrogens (primary N) is 1. The van der Waals surface area contributed by atoms with Crippen molar-refractivity contribution in [1.82, 2.24) is 15.6 Å². The summed E-state index contributed by atoms with van der Waals surface area (Å²) < 4.78 is 5.36. The number of alkyl carbamates (subject to hydrolysis) is 1. The van der Waals surface area contributed by atoms with Gasteiger partial charge in [-0.15, -0.1) is 11.3 Å². The Hall–Kier alpha value is -3.92. The monoisotopic (exact) mass is 564 g/mol. The van der Waals surface area contributed by atoms with E-state index in [1.807, 2.05) is 79.9 Å². The molecule has 1 heterocycles. The van der Waals surface area contributed by atoms with Gasteiger partial charge in [0, 0.05) is 5.38 Å². The number of aliphatic imine (C=N–C) groups is 1. The van der Waals surface area contributed by atoms with E-state index in [9.17, 15) is 9.59 Å². The Kier molecular flexibility index (Phi) is 12.0. The molecule has 2 atom stereocenters. The van der Waals surface area contributed by atoms with Crippen LogP contribution in [0.3, 0.4) is 0 Å². The quantitative estimate of drug-likeness (QED) is 0.158. The fraction of sp³-hybridized carbons (Fsp3) is 0.400. The van der Waals surface area contributed by atoms with Crippen LogP contribution < -0.4 is 21.7 Å². The second-order valence-corrected chi connectivity index (χ2v) is 11.3. The first-order chi connectivity index (χ1) is 19.2. The number of guanidine groups is 1. The molecule has 0 unspecified atom stereocenters. The van der Waals surface area contributed by atoms with Crippen LogP contribution >= 0.6 is 11.3 Å². The maximum Gasteiger partial charge on any atom is 0.408 e. The Morgan fingerprint density at radius 1 is 0.925 bits per heavy atom. The number of hydrogen-bond acceptors (Lipinski definition) is 6. The standard InChI is InChI=1S/C30H40N6O3S/c1-20(2)15-24(26-19-40-29(34-26)36-28(31)32-17-22-11-7-5-8-12-22)33-27(37)25(16-21(3)4)35-30(38)39-18-23-13-9-6-10-14-23/h5-14,19-21,24-25H,15-18H2,1-4H3,(H,33,37)(H,35,38)(H3,31,32,34,36)/t24-,25-/m0/s1. The number of nitrogens with zero attached hydrogens (tertiary/aromatic N) is 2. The molecule has 0 aliphatic carbocycles. The van der Waals surface area contributed by atoms with Crippen molar-refractivity contribution in [2.24, 2.45) is 22.6 Å². The maximum atomic E-state index is 13.4. The van der Waals surface area contributed by atoms with E-state index in [0.29, 0.717) is 30.4 Å². The van der Waals surface area contributed by atoms with Gasteiger partial charge in [0.25, 0.3) is 0 Å². The molecule has 0 saturated heterocycles. The van der Waals surface area contributed by atoms with Crippen molar-refractivity contribution in [3.63, 3.8) is 0 Å². The first-order valence-electron chi connectivity index (χ1n) is 13.5. The summed E-state index contributed by atoms with van der Waals surface area (Å²) in [7, 11) is 0. The van der Waals surface area contributed by atoms with E-state index in [2.05, 4.69) is 39.8 Å². The zero-order valence-corrected chi connectivity index (χ0v) is 24.4. The molecule has 214 valence electrons. The Balaban J connectivity index is 1.63. The van der Waals surface area contributed by atoms with Gasteiger partial charge in [0.1, 0.15) is 12.6 Å². The molecule has 1 aromatic heterocycles. The first-order valence-corrected chi connectivity index (χ1v) is 14.4. The van der Waals surface area contributed by atoms with E-state index >= 15 is 0 Å². The minimum absolute atomic E-state index is 0.130. The van der Waals surface area contributed by atoms with Crippen LogP contribution in [-0.2, 0) is 22.7 Å². The smallest absolute Gasteiger partial charge is 0.408 e. The third kappa shape index (κ3) is 10.7.